The SMILES string of the molecule is N[C@@H](CCC(=O)[O-])C(=O)[O-].N[C@@H](CO)C(=O)O.[Na+].[Na+]. The van der Waals surface area contributed by atoms with Crippen molar-refractivity contribution in [1.29, 1.82) is 0 Å². The number of hydrogen-bond acceptors (Lipinski definition) is 8. The van der Waals surface area contributed by atoms with Crippen molar-refractivity contribution in [3.63, 3.8) is 0 Å². The molecule has 19 heavy (non-hydrogen) atoms. The Hall–Kier alpha value is 0.290. The van der Waals surface area contributed by atoms with Gasteiger partial charge < -0.3 is 41.5 Å². The zero-order valence-corrected chi connectivity index (χ0v) is 14.9. The van der Waals surface area contributed by atoms with Crippen LogP contribution in [0, 0.1) is 0 Å². The van der Waals surface area contributed by atoms with E-state index in [9.17, 15) is 24.6 Å². The normalized spacial score (nSPS) is 11.5. The third-order valence-electron chi connectivity index (χ3n) is 1.48. The quantitative estimate of drug-likeness (QED) is 0.344. The summed E-state index contributed by atoms with van der Waals surface area (Å²) in [5, 5.41) is 35.5. The van der Waals surface area contributed by atoms with Crippen LogP contribution >= 0.6 is 0 Å². The van der Waals surface area contributed by atoms with Crippen LogP contribution in [0.1, 0.15) is 12.8 Å². The first-order valence-electron chi connectivity index (χ1n) is 4.47. The van der Waals surface area contributed by atoms with E-state index in [2.05, 4.69) is 0 Å². The van der Waals surface area contributed by atoms with Crippen LogP contribution in [0.15, 0.2) is 0 Å². The maximum absolute atomic E-state index is 9.86. The van der Waals surface area contributed by atoms with Crippen LogP contribution in [0.25, 0.3) is 0 Å². The third kappa shape index (κ3) is 20.8. The Morgan fingerprint density at radius 1 is 1.05 bits per heavy atom. The van der Waals surface area contributed by atoms with E-state index in [-0.39, 0.29) is 72.0 Å². The van der Waals surface area contributed by atoms with Gasteiger partial charge >= 0.3 is 65.1 Å². The van der Waals surface area contributed by atoms with Gasteiger partial charge in [0, 0.05) is 12.0 Å². The van der Waals surface area contributed by atoms with Gasteiger partial charge in [-0.1, -0.05) is 0 Å². The van der Waals surface area contributed by atoms with Crippen molar-refractivity contribution in [2.24, 2.45) is 11.5 Å². The van der Waals surface area contributed by atoms with E-state index in [0.717, 1.165) is 0 Å². The van der Waals surface area contributed by atoms with Gasteiger partial charge in [0.2, 0.25) is 0 Å². The predicted octanol–water partition coefficient (Wildman–Crippen LogP) is -11.0. The van der Waals surface area contributed by atoms with E-state index in [4.69, 9.17) is 21.7 Å². The molecule has 0 rings (SSSR count). The van der Waals surface area contributed by atoms with E-state index in [1.165, 1.54) is 0 Å². The van der Waals surface area contributed by atoms with Crippen LogP contribution in [0.4, 0.5) is 0 Å². The largest absolute Gasteiger partial charge is 1.00 e. The van der Waals surface area contributed by atoms with Crippen molar-refractivity contribution in [3.05, 3.63) is 0 Å². The summed E-state index contributed by atoms with van der Waals surface area (Å²) in [6.07, 6.45) is -0.500. The summed E-state index contributed by atoms with van der Waals surface area (Å²) in [5.41, 5.74) is 9.68. The summed E-state index contributed by atoms with van der Waals surface area (Å²) < 4.78 is 0. The van der Waals surface area contributed by atoms with Gasteiger partial charge in [0.25, 0.3) is 0 Å². The van der Waals surface area contributed by atoms with Crippen molar-refractivity contribution in [2.75, 3.05) is 6.61 Å². The van der Waals surface area contributed by atoms with Crippen LogP contribution in [0.2, 0.25) is 0 Å². The van der Waals surface area contributed by atoms with Crippen molar-refractivity contribution in [3.8, 4) is 0 Å². The number of carboxylic acid groups (broad SMARTS) is 3. The molecule has 0 saturated heterocycles. The minimum atomic E-state index is -1.44. The van der Waals surface area contributed by atoms with Crippen molar-refractivity contribution in [2.45, 2.75) is 24.9 Å². The third-order valence-corrected chi connectivity index (χ3v) is 1.48. The van der Waals surface area contributed by atoms with Gasteiger partial charge in [-0.15, -0.1) is 0 Å². The van der Waals surface area contributed by atoms with Gasteiger partial charge in [0.05, 0.1) is 12.6 Å². The molecule has 100 valence electrons. The fraction of sp³-hybridized carbons (Fsp3) is 0.625. The minimum Gasteiger partial charge on any atom is -0.550 e. The van der Waals surface area contributed by atoms with Gasteiger partial charge in [-0.3, -0.25) is 4.79 Å². The molecule has 0 aliphatic rings. The zero-order chi connectivity index (χ0) is 14.0. The molecule has 0 aromatic carbocycles. The number of aliphatic hydroxyl groups is 1. The maximum Gasteiger partial charge on any atom is 1.00 e. The molecule has 0 aromatic heterocycles. The van der Waals surface area contributed by atoms with Gasteiger partial charge in [-0.25, -0.2) is 0 Å². The number of carboxylic acids is 3. The fourth-order valence-electron chi connectivity index (χ4n) is 0.469. The minimum absolute atomic E-state index is 0. The van der Waals surface area contributed by atoms with Crippen LogP contribution in [0.5, 0.6) is 0 Å². The van der Waals surface area contributed by atoms with E-state index in [1.54, 1.807) is 0 Å². The molecule has 0 aliphatic heterocycles. The van der Waals surface area contributed by atoms with Crippen molar-refractivity contribution >= 4 is 17.9 Å². The molecular weight excluding hydrogens is 282 g/mol. The summed E-state index contributed by atoms with van der Waals surface area (Å²) in [7, 11) is 0. The molecule has 0 radical (unpaired) electrons. The molecule has 11 heteroatoms. The van der Waals surface area contributed by atoms with Gasteiger partial charge in [-0.05, 0) is 12.8 Å². The summed E-state index contributed by atoms with van der Waals surface area (Å²) in [4.78, 5) is 29.3. The first kappa shape index (κ1) is 27.6. The Balaban J connectivity index is -0.000000112. The average molecular weight is 296 g/mol. The fourth-order valence-corrected chi connectivity index (χ4v) is 0.469. The molecule has 0 spiro atoms. The van der Waals surface area contributed by atoms with E-state index in [1.807, 2.05) is 0 Å². The van der Waals surface area contributed by atoms with Crippen LogP contribution < -0.4 is 80.8 Å². The van der Waals surface area contributed by atoms with Crippen molar-refractivity contribution in [1.82, 2.24) is 0 Å². The summed E-state index contributed by atoms with van der Waals surface area (Å²) in [5.74, 6) is -3.93. The molecule has 0 bridgehead atoms. The number of carbonyl (C=O) groups is 3. The second-order valence-corrected chi connectivity index (χ2v) is 2.96. The maximum atomic E-state index is 9.86. The molecule has 0 heterocycles. The first-order chi connectivity index (χ1) is 7.72. The van der Waals surface area contributed by atoms with Crippen LogP contribution in [-0.2, 0) is 14.4 Å². The Morgan fingerprint density at radius 3 is 1.63 bits per heavy atom. The predicted molar refractivity (Wildman–Crippen MR) is 49.9 cm³/mol. The van der Waals surface area contributed by atoms with Gasteiger partial charge in [0.1, 0.15) is 6.04 Å². The molecule has 9 nitrogen and oxygen atoms in total. The molecular formula is C8H14N2Na2O7. The molecule has 0 fully saturated rings. The smallest absolute Gasteiger partial charge is 0.550 e. The Kier molecular flexibility index (Phi) is 23.7. The molecule has 2 atom stereocenters. The molecule has 0 aromatic rings. The second-order valence-electron chi connectivity index (χ2n) is 2.96. The van der Waals surface area contributed by atoms with Crippen LogP contribution in [-0.4, -0.2) is 46.8 Å². The monoisotopic (exact) mass is 296 g/mol. The number of nitrogens with two attached hydrogens (primary N) is 2. The Morgan fingerprint density at radius 2 is 1.47 bits per heavy atom. The van der Waals surface area contributed by atoms with E-state index in [0.29, 0.717) is 0 Å². The molecule has 0 aliphatic carbocycles. The standard InChI is InChI=1S/C5H9NO4.C3H7NO3.2Na/c6-3(5(9)10)1-2-4(7)8;4-2(1-5)3(6)7;;/h3H,1-2,6H2,(H,7,8)(H,9,10);2,5H,1,4H2,(H,6,7);;/q;;2*+1/p-2/t3-;2-;;/m00../s1. The number of rotatable bonds is 6. The van der Waals surface area contributed by atoms with E-state index >= 15 is 0 Å². The zero-order valence-electron chi connectivity index (χ0n) is 10.9. The van der Waals surface area contributed by atoms with Crippen LogP contribution in [0.3, 0.4) is 0 Å². The molecule has 0 unspecified atom stereocenters. The molecule has 0 saturated carbocycles. The summed E-state index contributed by atoms with van der Waals surface area (Å²) in [6, 6.07) is -2.34. The van der Waals surface area contributed by atoms with E-state index < -0.39 is 36.6 Å². The molecule has 6 N–H and O–H groups in total. The number of carbonyl (C=O) groups excluding carboxylic acids is 2. The van der Waals surface area contributed by atoms with Gasteiger partial charge in [-0.2, -0.15) is 0 Å². The average Bonchev–Trinajstić information content (AvgIpc) is 2.24. The summed E-state index contributed by atoms with van der Waals surface area (Å²) in [6.45, 7) is -0.505. The number of aliphatic hydroxyl groups excluding tert-OH is 1. The van der Waals surface area contributed by atoms with Gasteiger partial charge in [0.15, 0.2) is 0 Å². The topological polar surface area (TPSA) is 190 Å². The first-order valence-corrected chi connectivity index (χ1v) is 4.47. The Labute approximate surface area is 153 Å². The van der Waals surface area contributed by atoms with Crippen molar-refractivity contribution < 1.29 is 93.9 Å². The molecule has 0 amide bonds. The second kappa shape index (κ2) is 16.3. The number of aliphatic carboxylic acids is 3. The Bertz CT molecular complexity index is 278. The summed E-state index contributed by atoms with van der Waals surface area (Å²) >= 11 is 0. The number of hydrogen-bond donors (Lipinski definition) is 4.